The van der Waals surface area contributed by atoms with E-state index in [1.165, 1.54) is 11.3 Å². The maximum absolute atomic E-state index is 12.9. The first-order valence-electron chi connectivity index (χ1n) is 9.29. The molecule has 0 radical (unpaired) electrons. The molecule has 1 aromatic rings. The molecule has 0 unspecified atom stereocenters. The second-order valence-corrected chi connectivity index (χ2v) is 8.27. The van der Waals surface area contributed by atoms with E-state index in [1.807, 2.05) is 0 Å². The summed E-state index contributed by atoms with van der Waals surface area (Å²) >= 11 is 1.37. The van der Waals surface area contributed by atoms with Gasteiger partial charge in [-0.25, -0.2) is 4.79 Å². The Labute approximate surface area is 156 Å². The zero-order chi connectivity index (χ0) is 18.8. The third-order valence-corrected chi connectivity index (χ3v) is 6.63. The molecule has 3 rings (SSSR count). The van der Waals surface area contributed by atoms with Crippen molar-refractivity contribution in [3.05, 3.63) is 16.5 Å². The van der Waals surface area contributed by atoms with Crippen molar-refractivity contribution in [3.63, 3.8) is 0 Å². The van der Waals surface area contributed by atoms with Crippen LogP contribution in [-0.4, -0.2) is 29.6 Å². The predicted molar refractivity (Wildman–Crippen MR) is 98.3 cm³/mol. The van der Waals surface area contributed by atoms with E-state index in [9.17, 15) is 19.5 Å². The first-order chi connectivity index (χ1) is 12.5. The molecule has 2 aliphatic rings. The van der Waals surface area contributed by atoms with Gasteiger partial charge in [-0.05, 0) is 50.5 Å². The van der Waals surface area contributed by atoms with Crippen molar-refractivity contribution < 1.29 is 24.2 Å². The van der Waals surface area contributed by atoms with Crippen LogP contribution in [0.5, 0.6) is 0 Å². The van der Waals surface area contributed by atoms with Gasteiger partial charge >= 0.3 is 11.9 Å². The van der Waals surface area contributed by atoms with Gasteiger partial charge < -0.3 is 15.2 Å². The summed E-state index contributed by atoms with van der Waals surface area (Å²) in [7, 11) is 0. The van der Waals surface area contributed by atoms with Gasteiger partial charge in [0.25, 0.3) is 0 Å². The fraction of sp³-hybridized carbons (Fsp3) is 0.632. The van der Waals surface area contributed by atoms with Crippen LogP contribution in [0, 0.1) is 23.7 Å². The number of aliphatic carboxylic acids is 1. The number of esters is 1. The minimum atomic E-state index is -0.888. The van der Waals surface area contributed by atoms with Crippen LogP contribution in [-0.2, 0) is 20.7 Å². The summed E-state index contributed by atoms with van der Waals surface area (Å²) in [6.07, 6.45) is 4.36. The monoisotopic (exact) mass is 379 g/mol. The van der Waals surface area contributed by atoms with Crippen molar-refractivity contribution >= 4 is 34.2 Å². The number of carbonyl (C=O) groups excluding carboxylic acids is 2. The number of anilines is 1. The van der Waals surface area contributed by atoms with E-state index in [-0.39, 0.29) is 24.3 Å². The maximum atomic E-state index is 12.9. The molecule has 2 saturated carbocycles. The minimum absolute atomic E-state index is 0.0942. The molecule has 0 saturated heterocycles. The molecule has 1 aromatic heterocycles. The van der Waals surface area contributed by atoms with Gasteiger partial charge in [0.1, 0.15) is 5.00 Å². The Hall–Kier alpha value is -1.89. The Morgan fingerprint density at radius 2 is 1.92 bits per heavy atom. The number of ether oxygens (including phenoxy) is 1. The summed E-state index contributed by atoms with van der Waals surface area (Å²) in [5.41, 5.74) is 0.365. The molecule has 0 aromatic carbocycles. The van der Waals surface area contributed by atoms with Crippen molar-refractivity contribution in [1.29, 1.82) is 0 Å². The average Bonchev–Trinajstić information content (AvgIpc) is 3.29. The predicted octanol–water partition coefficient (Wildman–Crippen LogP) is 3.56. The normalized spacial score (nSPS) is 26.7. The van der Waals surface area contributed by atoms with Crippen LogP contribution in [0.3, 0.4) is 0 Å². The summed E-state index contributed by atoms with van der Waals surface area (Å²) in [5.74, 6) is -2.53. The highest BCUT2D eigenvalue weighted by molar-refractivity contribution is 7.16. The number of thiophene rings is 1. The highest BCUT2D eigenvalue weighted by atomic mass is 32.1. The first-order valence-corrected chi connectivity index (χ1v) is 10.1. The summed E-state index contributed by atoms with van der Waals surface area (Å²) in [4.78, 5) is 37.8. The van der Waals surface area contributed by atoms with Crippen LogP contribution < -0.4 is 5.32 Å². The molecule has 2 aliphatic carbocycles. The number of rotatable bonds is 7. The largest absolute Gasteiger partial charge is 0.481 e. The van der Waals surface area contributed by atoms with Crippen LogP contribution in [0.25, 0.3) is 0 Å². The molecule has 142 valence electrons. The molecule has 7 heteroatoms. The lowest BCUT2D eigenvalue weighted by atomic mass is 9.79. The zero-order valence-electron chi connectivity index (χ0n) is 15.1. The molecule has 0 aliphatic heterocycles. The van der Waals surface area contributed by atoms with Crippen molar-refractivity contribution in [2.24, 2.45) is 23.7 Å². The lowest BCUT2D eigenvalue weighted by Crippen LogP contribution is -2.37. The molecule has 2 fully saturated rings. The van der Waals surface area contributed by atoms with Crippen molar-refractivity contribution in [3.8, 4) is 0 Å². The minimum Gasteiger partial charge on any atom is -0.481 e. The third kappa shape index (κ3) is 3.49. The highest BCUT2D eigenvalue weighted by Crippen LogP contribution is 2.52. The van der Waals surface area contributed by atoms with E-state index in [0.717, 1.165) is 37.0 Å². The number of carboxylic acid groups (broad SMARTS) is 1. The standard InChI is InChI=1S/C19H25NO5S/c1-3-5-12-9-13(19(24)25-4-2)17(26-12)20-16(21)14-10-6-7-11(8-10)15(14)18(22)23/h9-11,14-15H,3-8H2,1-2H3,(H,20,21)(H,22,23)/t10-,11-,14+,15+/m1/s1. The maximum Gasteiger partial charge on any atom is 0.341 e. The lowest BCUT2D eigenvalue weighted by Gasteiger charge is -2.26. The van der Waals surface area contributed by atoms with Crippen molar-refractivity contribution in [2.45, 2.75) is 46.0 Å². The third-order valence-electron chi connectivity index (χ3n) is 5.52. The molecular formula is C19H25NO5S. The summed E-state index contributed by atoms with van der Waals surface area (Å²) in [6, 6.07) is 1.78. The molecule has 2 N–H and O–H groups in total. The Morgan fingerprint density at radius 3 is 2.54 bits per heavy atom. The van der Waals surface area contributed by atoms with E-state index in [0.29, 0.717) is 10.6 Å². The van der Waals surface area contributed by atoms with Crippen LogP contribution >= 0.6 is 11.3 Å². The van der Waals surface area contributed by atoms with E-state index in [2.05, 4.69) is 12.2 Å². The van der Waals surface area contributed by atoms with Crippen LogP contribution in [0.15, 0.2) is 6.07 Å². The smallest absolute Gasteiger partial charge is 0.341 e. The number of hydrogen-bond acceptors (Lipinski definition) is 5. The number of nitrogens with one attached hydrogen (secondary N) is 1. The molecule has 0 spiro atoms. The lowest BCUT2D eigenvalue weighted by molar-refractivity contribution is -0.148. The number of amides is 1. The number of hydrogen-bond donors (Lipinski definition) is 2. The SMILES string of the molecule is CCCc1cc(C(=O)OCC)c(NC(=O)[C@H]2[C@@H]3CC[C@H](C3)[C@@H]2C(=O)O)s1. The molecule has 1 heterocycles. The first kappa shape index (κ1) is 18.9. The topological polar surface area (TPSA) is 92.7 Å². The fourth-order valence-corrected chi connectivity index (χ4v) is 5.63. The zero-order valence-corrected chi connectivity index (χ0v) is 15.9. The van der Waals surface area contributed by atoms with Crippen molar-refractivity contribution in [2.75, 3.05) is 11.9 Å². The Bertz CT molecular complexity index is 713. The molecule has 1 amide bonds. The highest BCUT2D eigenvalue weighted by Gasteiger charge is 2.54. The van der Waals surface area contributed by atoms with Gasteiger partial charge in [0, 0.05) is 4.88 Å². The second-order valence-electron chi connectivity index (χ2n) is 7.14. The summed E-state index contributed by atoms with van der Waals surface area (Å²) < 4.78 is 5.10. The van der Waals surface area contributed by atoms with Gasteiger partial charge in [-0.15, -0.1) is 11.3 Å². The van der Waals surface area contributed by atoms with Crippen LogP contribution in [0.4, 0.5) is 5.00 Å². The summed E-state index contributed by atoms with van der Waals surface area (Å²) in [5, 5.41) is 12.9. The number of fused-ring (bicyclic) bond motifs is 2. The average molecular weight is 379 g/mol. The Kier molecular flexibility index (Phi) is 5.65. The van der Waals surface area contributed by atoms with Gasteiger partial charge in [0.2, 0.25) is 5.91 Å². The molecule has 4 atom stereocenters. The van der Waals surface area contributed by atoms with Crippen molar-refractivity contribution in [1.82, 2.24) is 0 Å². The van der Waals surface area contributed by atoms with Gasteiger partial charge in [-0.3, -0.25) is 9.59 Å². The van der Waals surface area contributed by atoms with Gasteiger partial charge in [0.05, 0.1) is 24.0 Å². The van der Waals surface area contributed by atoms with E-state index in [1.54, 1.807) is 13.0 Å². The number of aryl methyl sites for hydroxylation is 1. The second kappa shape index (κ2) is 7.78. The number of carbonyl (C=O) groups is 3. The van der Waals surface area contributed by atoms with E-state index >= 15 is 0 Å². The summed E-state index contributed by atoms with van der Waals surface area (Å²) in [6.45, 7) is 4.05. The van der Waals surface area contributed by atoms with Crippen LogP contribution in [0.2, 0.25) is 0 Å². The quantitative estimate of drug-likeness (QED) is 0.707. The molecule has 2 bridgehead atoms. The van der Waals surface area contributed by atoms with E-state index in [4.69, 9.17) is 4.74 Å². The van der Waals surface area contributed by atoms with E-state index < -0.39 is 23.8 Å². The van der Waals surface area contributed by atoms with Gasteiger partial charge in [-0.2, -0.15) is 0 Å². The Morgan fingerprint density at radius 1 is 1.23 bits per heavy atom. The molecule has 6 nitrogen and oxygen atoms in total. The van der Waals surface area contributed by atoms with Gasteiger partial charge in [0.15, 0.2) is 0 Å². The fourth-order valence-electron chi connectivity index (χ4n) is 4.48. The van der Waals surface area contributed by atoms with Crippen LogP contribution in [0.1, 0.15) is 54.8 Å². The molecular weight excluding hydrogens is 354 g/mol. The number of carboxylic acids is 1. The Balaban J connectivity index is 1.82. The van der Waals surface area contributed by atoms with Gasteiger partial charge in [-0.1, -0.05) is 13.3 Å². The molecule has 26 heavy (non-hydrogen) atoms.